The molecule has 3 heterocycles. The number of carbonyl (C=O) groups excluding carboxylic acids is 1. The van der Waals surface area contributed by atoms with Crippen molar-refractivity contribution < 1.29 is 13.6 Å². The lowest BCUT2D eigenvalue weighted by Gasteiger charge is -2.13. The van der Waals surface area contributed by atoms with Gasteiger partial charge in [-0.05, 0) is 36.2 Å². The molecule has 10 heteroatoms. The smallest absolute Gasteiger partial charge is 0.255 e. The van der Waals surface area contributed by atoms with Gasteiger partial charge in [-0.3, -0.25) is 15.0 Å². The SMILES string of the molecule is O=C(NCc1ccn[nH]1)c1cc(F)c(-c2cn[nH]c2)nc1NCCc1cccc(F)c1. The van der Waals surface area contributed by atoms with Gasteiger partial charge in [0.2, 0.25) is 0 Å². The molecule has 8 nitrogen and oxygen atoms in total. The van der Waals surface area contributed by atoms with Crippen LogP contribution in [0.5, 0.6) is 0 Å². The molecular weight excluding hydrogens is 404 g/mol. The fourth-order valence-corrected chi connectivity index (χ4v) is 3.05. The number of nitrogens with one attached hydrogen (secondary N) is 4. The Morgan fingerprint density at radius 2 is 2.03 bits per heavy atom. The number of carbonyl (C=O) groups is 1. The Balaban J connectivity index is 1.56. The molecule has 3 aromatic heterocycles. The van der Waals surface area contributed by atoms with Crippen LogP contribution in [0.15, 0.2) is 55.0 Å². The van der Waals surface area contributed by atoms with Gasteiger partial charge in [-0.15, -0.1) is 0 Å². The fourth-order valence-electron chi connectivity index (χ4n) is 3.05. The summed E-state index contributed by atoms with van der Waals surface area (Å²) in [6.45, 7) is 0.570. The first-order valence-corrected chi connectivity index (χ1v) is 9.54. The molecule has 4 rings (SSSR count). The Morgan fingerprint density at radius 3 is 2.77 bits per heavy atom. The quantitative estimate of drug-likeness (QED) is 0.348. The van der Waals surface area contributed by atoms with Crippen molar-refractivity contribution in [2.24, 2.45) is 0 Å². The number of H-pyrrole nitrogens is 2. The van der Waals surface area contributed by atoms with Gasteiger partial charge in [0.05, 0.1) is 24.0 Å². The first-order chi connectivity index (χ1) is 15.1. The maximum absolute atomic E-state index is 14.7. The first-order valence-electron chi connectivity index (χ1n) is 9.54. The van der Waals surface area contributed by atoms with E-state index in [2.05, 4.69) is 36.0 Å². The molecule has 0 aliphatic heterocycles. The average molecular weight is 423 g/mol. The highest BCUT2D eigenvalue weighted by Gasteiger charge is 2.19. The Morgan fingerprint density at radius 1 is 1.13 bits per heavy atom. The number of anilines is 1. The van der Waals surface area contributed by atoms with Gasteiger partial charge in [0, 0.05) is 24.5 Å². The van der Waals surface area contributed by atoms with E-state index in [1.165, 1.54) is 24.5 Å². The van der Waals surface area contributed by atoms with Crippen LogP contribution in [-0.2, 0) is 13.0 Å². The van der Waals surface area contributed by atoms with E-state index in [9.17, 15) is 13.6 Å². The maximum Gasteiger partial charge on any atom is 0.255 e. The third-order valence-corrected chi connectivity index (χ3v) is 4.59. The van der Waals surface area contributed by atoms with Crippen molar-refractivity contribution in [2.45, 2.75) is 13.0 Å². The van der Waals surface area contributed by atoms with E-state index >= 15 is 0 Å². The van der Waals surface area contributed by atoms with Gasteiger partial charge in [0.25, 0.3) is 5.91 Å². The zero-order valence-corrected chi connectivity index (χ0v) is 16.3. The predicted octanol–water partition coefficient (Wildman–Crippen LogP) is 3.06. The van der Waals surface area contributed by atoms with Crippen molar-refractivity contribution in [1.29, 1.82) is 0 Å². The minimum Gasteiger partial charge on any atom is -0.369 e. The molecule has 0 fully saturated rings. The maximum atomic E-state index is 14.7. The van der Waals surface area contributed by atoms with Crippen molar-refractivity contribution in [3.8, 4) is 11.3 Å². The van der Waals surface area contributed by atoms with Crippen LogP contribution in [0.2, 0.25) is 0 Å². The number of pyridine rings is 1. The third-order valence-electron chi connectivity index (χ3n) is 4.59. The second-order valence-electron chi connectivity index (χ2n) is 6.77. The van der Waals surface area contributed by atoms with Gasteiger partial charge in [-0.25, -0.2) is 13.8 Å². The van der Waals surface area contributed by atoms with Crippen molar-refractivity contribution in [2.75, 3.05) is 11.9 Å². The lowest BCUT2D eigenvalue weighted by atomic mass is 10.1. The van der Waals surface area contributed by atoms with E-state index in [1.807, 2.05) is 0 Å². The summed E-state index contributed by atoms with van der Waals surface area (Å²) in [6, 6.07) is 9.11. The van der Waals surface area contributed by atoms with Crippen molar-refractivity contribution in [3.63, 3.8) is 0 Å². The number of hydrogen-bond donors (Lipinski definition) is 4. The molecule has 31 heavy (non-hydrogen) atoms. The summed E-state index contributed by atoms with van der Waals surface area (Å²) in [5.74, 6) is -1.24. The van der Waals surface area contributed by atoms with E-state index in [0.29, 0.717) is 24.2 Å². The van der Waals surface area contributed by atoms with E-state index in [-0.39, 0.29) is 29.4 Å². The number of hydrogen-bond acceptors (Lipinski definition) is 5. The largest absolute Gasteiger partial charge is 0.369 e. The van der Waals surface area contributed by atoms with Crippen LogP contribution in [0, 0.1) is 11.6 Å². The van der Waals surface area contributed by atoms with Crippen LogP contribution < -0.4 is 10.6 Å². The van der Waals surface area contributed by atoms with Crippen LogP contribution in [0.1, 0.15) is 21.6 Å². The van der Waals surface area contributed by atoms with Crippen LogP contribution in [0.3, 0.4) is 0 Å². The summed E-state index contributed by atoms with van der Waals surface area (Å²) < 4.78 is 28.1. The second kappa shape index (κ2) is 9.16. The molecule has 4 N–H and O–H groups in total. The predicted molar refractivity (Wildman–Crippen MR) is 110 cm³/mol. The number of nitrogens with zero attached hydrogens (tertiary/aromatic N) is 3. The Labute approximate surface area is 176 Å². The number of amides is 1. The van der Waals surface area contributed by atoms with Crippen LogP contribution >= 0.6 is 0 Å². The van der Waals surface area contributed by atoms with E-state index in [4.69, 9.17) is 0 Å². The highest BCUT2D eigenvalue weighted by Crippen LogP contribution is 2.25. The number of benzene rings is 1. The molecule has 0 saturated carbocycles. The number of rotatable bonds is 8. The van der Waals surface area contributed by atoms with E-state index < -0.39 is 11.7 Å². The summed E-state index contributed by atoms with van der Waals surface area (Å²) in [5.41, 5.74) is 2.07. The van der Waals surface area contributed by atoms with Crippen molar-refractivity contribution >= 4 is 11.7 Å². The zero-order valence-electron chi connectivity index (χ0n) is 16.3. The van der Waals surface area contributed by atoms with Gasteiger partial charge < -0.3 is 10.6 Å². The van der Waals surface area contributed by atoms with Gasteiger partial charge in [0.1, 0.15) is 17.3 Å². The summed E-state index contributed by atoms with van der Waals surface area (Å²) in [7, 11) is 0. The molecule has 4 aromatic rings. The van der Waals surface area contributed by atoms with Crippen LogP contribution in [0.4, 0.5) is 14.6 Å². The molecule has 1 amide bonds. The molecule has 0 bridgehead atoms. The van der Waals surface area contributed by atoms with Gasteiger partial charge >= 0.3 is 0 Å². The Kier molecular flexibility index (Phi) is 5.97. The summed E-state index contributed by atoms with van der Waals surface area (Å²) in [4.78, 5) is 17.1. The minimum absolute atomic E-state index is 0.0588. The lowest BCUT2D eigenvalue weighted by Crippen LogP contribution is -2.25. The number of halogens is 2. The minimum atomic E-state index is -0.649. The van der Waals surface area contributed by atoms with Gasteiger partial charge in [-0.1, -0.05) is 12.1 Å². The summed E-state index contributed by atoms with van der Waals surface area (Å²) in [6.07, 6.45) is 5.02. The standard InChI is InChI=1S/C21H19F2N7O/c22-15-3-1-2-13(8-15)4-6-24-20-17(21(31)25-12-16-5-7-26-30-16)9-18(23)19(29-20)14-10-27-28-11-14/h1-3,5,7-11H,4,6,12H2,(H,24,29)(H,25,31)(H,26,30)(H,27,28). The highest BCUT2D eigenvalue weighted by atomic mass is 19.1. The van der Waals surface area contributed by atoms with Gasteiger partial charge in [-0.2, -0.15) is 10.2 Å². The fraction of sp³-hybridized carbons (Fsp3) is 0.143. The number of aromatic amines is 2. The molecule has 1 aromatic carbocycles. The topological polar surface area (TPSA) is 111 Å². The van der Waals surface area contributed by atoms with Crippen molar-refractivity contribution in [3.05, 3.63) is 83.4 Å². The molecular formula is C21H19F2N7O. The van der Waals surface area contributed by atoms with Crippen LogP contribution in [0.25, 0.3) is 11.3 Å². The summed E-state index contributed by atoms with van der Waals surface area (Å²) in [5, 5.41) is 18.8. The highest BCUT2D eigenvalue weighted by molar-refractivity contribution is 5.99. The van der Waals surface area contributed by atoms with E-state index in [1.54, 1.807) is 24.4 Å². The molecule has 0 saturated heterocycles. The monoisotopic (exact) mass is 423 g/mol. The third kappa shape index (κ3) is 4.92. The molecule has 0 atom stereocenters. The van der Waals surface area contributed by atoms with Crippen LogP contribution in [-0.4, -0.2) is 37.8 Å². The van der Waals surface area contributed by atoms with Gasteiger partial charge in [0.15, 0.2) is 5.82 Å². The lowest BCUT2D eigenvalue weighted by molar-refractivity contribution is 0.0950. The van der Waals surface area contributed by atoms with E-state index in [0.717, 1.165) is 11.6 Å². The Bertz CT molecular complexity index is 1160. The second-order valence-corrected chi connectivity index (χ2v) is 6.77. The summed E-state index contributed by atoms with van der Waals surface area (Å²) >= 11 is 0. The molecule has 158 valence electrons. The number of aromatic nitrogens is 5. The molecule has 0 spiro atoms. The molecule has 0 aliphatic rings. The Hall–Kier alpha value is -4.08. The normalized spacial score (nSPS) is 10.8. The average Bonchev–Trinajstić information content (AvgIpc) is 3.47. The zero-order chi connectivity index (χ0) is 21.6. The molecule has 0 radical (unpaired) electrons. The molecule has 0 unspecified atom stereocenters. The van der Waals surface area contributed by atoms with Crippen molar-refractivity contribution in [1.82, 2.24) is 30.7 Å². The first kappa shape index (κ1) is 20.2. The molecule has 0 aliphatic carbocycles.